The Bertz CT molecular complexity index is 433. The molecular formula is C5H4BrClF2N2O2S. The van der Waals surface area contributed by atoms with Crippen LogP contribution in [0.5, 0.6) is 0 Å². The summed E-state index contributed by atoms with van der Waals surface area (Å²) in [5.74, 6) is 0. The van der Waals surface area contributed by atoms with E-state index in [1.807, 2.05) is 0 Å². The molecule has 1 aromatic heterocycles. The van der Waals surface area contributed by atoms with Crippen LogP contribution in [0.1, 0.15) is 0 Å². The zero-order valence-electron chi connectivity index (χ0n) is 6.49. The van der Waals surface area contributed by atoms with Crippen molar-refractivity contribution in [3.8, 4) is 0 Å². The highest BCUT2D eigenvalue weighted by molar-refractivity contribution is 9.10. The molecule has 1 rings (SSSR count). The first-order valence-corrected chi connectivity index (χ1v) is 6.36. The molecular weight excluding hydrogens is 305 g/mol. The number of halogens is 4. The smallest absolute Gasteiger partial charge is 0.251 e. The summed E-state index contributed by atoms with van der Waals surface area (Å²) >= 11 is 2.82. The molecule has 0 aliphatic rings. The average Bonchev–Trinajstić information content (AvgIpc) is 2.30. The third-order valence-corrected chi connectivity index (χ3v) is 3.74. The van der Waals surface area contributed by atoms with Crippen molar-refractivity contribution in [2.75, 3.05) is 0 Å². The van der Waals surface area contributed by atoms with Crippen molar-refractivity contribution in [2.45, 2.75) is 17.9 Å². The summed E-state index contributed by atoms with van der Waals surface area (Å²) in [6.07, 6.45) is -1.70. The van der Waals surface area contributed by atoms with Gasteiger partial charge in [-0.15, -0.1) is 0 Å². The fourth-order valence-corrected chi connectivity index (χ4v) is 2.85. The number of alkyl halides is 2. The Labute approximate surface area is 91.4 Å². The highest BCUT2D eigenvalue weighted by atomic mass is 79.9. The number of rotatable bonds is 3. The van der Waals surface area contributed by atoms with Crippen LogP contribution in [0.2, 0.25) is 0 Å². The third kappa shape index (κ3) is 2.64. The van der Waals surface area contributed by atoms with Crippen molar-refractivity contribution in [2.24, 2.45) is 0 Å². The Hall–Kier alpha value is -0.210. The fraction of sp³-hybridized carbons (Fsp3) is 0.400. The maximum atomic E-state index is 11.9. The summed E-state index contributed by atoms with van der Waals surface area (Å²) < 4.78 is 46.3. The van der Waals surface area contributed by atoms with Crippen LogP contribution in [-0.4, -0.2) is 24.6 Å². The molecule has 0 aliphatic carbocycles. The van der Waals surface area contributed by atoms with Gasteiger partial charge >= 0.3 is 0 Å². The van der Waals surface area contributed by atoms with Gasteiger partial charge in [0.1, 0.15) is 16.0 Å². The molecule has 0 unspecified atom stereocenters. The second-order valence-electron chi connectivity index (χ2n) is 2.31. The summed E-state index contributed by atoms with van der Waals surface area (Å²) in [5, 5.41) is 3.45. The van der Waals surface area contributed by atoms with Gasteiger partial charge in [0.05, 0.1) is 6.20 Å². The van der Waals surface area contributed by atoms with Gasteiger partial charge in [-0.05, 0) is 15.9 Å². The van der Waals surface area contributed by atoms with E-state index in [4.69, 9.17) is 10.7 Å². The second-order valence-corrected chi connectivity index (χ2v) is 5.60. The van der Waals surface area contributed by atoms with Crippen molar-refractivity contribution in [3.63, 3.8) is 0 Å². The number of nitrogens with zero attached hydrogens (tertiary/aromatic N) is 2. The van der Waals surface area contributed by atoms with Crippen molar-refractivity contribution >= 4 is 35.7 Å². The van der Waals surface area contributed by atoms with E-state index in [2.05, 4.69) is 21.0 Å². The highest BCUT2D eigenvalue weighted by Crippen LogP contribution is 2.24. The molecule has 0 amide bonds. The molecule has 0 bridgehead atoms. The summed E-state index contributed by atoms with van der Waals surface area (Å²) in [7, 11) is 1.06. The first-order chi connectivity index (χ1) is 6.32. The molecule has 0 aromatic carbocycles. The molecule has 0 fully saturated rings. The minimum Gasteiger partial charge on any atom is -0.251 e. The van der Waals surface area contributed by atoms with E-state index in [1.54, 1.807) is 0 Å². The molecule has 1 aromatic rings. The van der Waals surface area contributed by atoms with Crippen LogP contribution in [0.4, 0.5) is 8.78 Å². The molecule has 0 saturated carbocycles. The van der Waals surface area contributed by atoms with Crippen molar-refractivity contribution in [1.29, 1.82) is 0 Å². The zero-order valence-corrected chi connectivity index (χ0v) is 9.65. The highest BCUT2D eigenvalue weighted by Gasteiger charge is 2.20. The van der Waals surface area contributed by atoms with Gasteiger partial charge in [0.2, 0.25) is 0 Å². The number of aromatic nitrogens is 2. The molecule has 0 saturated heterocycles. The van der Waals surface area contributed by atoms with Crippen LogP contribution in [0.25, 0.3) is 0 Å². The van der Waals surface area contributed by atoms with Gasteiger partial charge in [-0.1, -0.05) is 0 Å². The largest absolute Gasteiger partial charge is 0.265 e. The predicted octanol–water partition coefficient (Wildman–Crippen LogP) is 1.84. The van der Waals surface area contributed by atoms with Gasteiger partial charge in [0.15, 0.2) is 0 Å². The number of hydrogen-bond donors (Lipinski definition) is 0. The first kappa shape index (κ1) is 11.9. The van der Waals surface area contributed by atoms with Crippen molar-refractivity contribution in [3.05, 3.63) is 10.8 Å². The maximum absolute atomic E-state index is 11.9. The monoisotopic (exact) mass is 308 g/mol. The van der Waals surface area contributed by atoms with E-state index in [0.29, 0.717) is 0 Å². The van der Waals surface area contributed by atoms with Crippen LogP contribution < -0.4 is 0 Å². The van der Waals surface area contributed by atoms with Crippen LogP contribution in [0, 0.1) is 0 Å². The van der Waals surface area contributed by atoms with Gasteiger partial charge < -0.3 is 0 Å². The lowest BCUT2D eigenvalue weighted by atomic mass is 10.6. The van der Waals surface area contributed by atoms with Crippen LogP contribution in [-0.2, 0) is 15.6 Å². The van der Waals surface area contributed by atoms with Crippen LogP contribution in [0.15, 0.2) is 15.7 Å². The molecule has 0 atom stereocenters. The van der Waals surface area contributed by atoms with E-state index in [0.717, 1.165) is 10.9 Å². The van der Waals surface area contributed by atoms with E-state index in [1.165, 1.54) is 0 Å². The molecule has 80 valence electrons. The Morgan fingerprint density at radius 1 is 1.64 bits per heavy atom. The lowest BCUT2D eigenvalue weighted by Gasteiger charge is -2.01. The van der Waals surface area contributed by atoms with Crippen molar-refractivity contribution < 1.29 is 17.2 Å². The van der Waals surface area contributed by atoms with Gasteiger partial charge in [-0.3, -0.25) is 4.68 Å². The van der Waals surface area contributed by atoms with Gasteiger partial charge in [-0.2, -0.15) is 5.10 Å². The van der Waals surface area contributed by atoms with Gasteiger partial charge in [0, 0.05) is 10.7 Å². The summed E-state index contributed by atoms with van der Waals surface area (Å²) in [5.41, 5.74) is 0. The lowest BCUT2D eigenvalue weighted by Crippen LogP contribution is -2.08. The Morgan fingerprint density at radius 3 is 2.57 bits per heavy atom. The summed E-state index contributed by atoms with van der Waals surface area (Å²) in [6, 6.07) is 0. The molecule has 4 nitrogen and oxygen atoms in total. The van der Waals surface area contributed by atoms with E-state index in [-0.39, 0.29) is 9.50 Å². The molecule has 0 N–H and O–H groups in total. The molecule has 0 aliphatic heterocycles. The SMILES string of the molecule is O=S(=O)(Cl)c1cnn(CC(F)F)c1Br. The molecule has 14 heavy (non-hydrogen) atoms. The Balaban J connectivity index is 3.09. The van der Waals surface area contributed by atoms with E-state index < -0.39 is 22.0 Å². The average molecular weight is 310 g/mol. The van der Waals surface area contributed by atoms with Crippen molar-refractivity contribution in [1.82, 2.24) is 9.78 Å². The number of hydrogen-bond acceptors (Lipinski definition) is 3. The topological polar surface area (TPSA) is 52.0 Å². The second kappa shape index (κ2) is 4.11. The normalized spacial score (nSPS) is 12.4. The fourth-order valence-electron chi connectivity index (χ4n) is 0.775. The first-order valence-electron chi connectivity index (χ1n) is 3.26. The lowest BCUT2D eigenvalue weighted by molar-refractivity contribution is 0.121. The molecule has 9 heteroatoms. The van der Waals surface area contributed by atoms with Crippen LogP contribution >= 0.6 is 26.6 Å². The zero-order chi connectivity index (χ0) is 10.9. The summed E-state index contributed by atoms with van der Waals surface area (Å²) in [6.45, 7) is -0.688. The van der Waals surface area contributed by atoms with Gasteiger partial charge in [-0.25, -0.2) is 17.2 Å². The van der Waals surface area contributed by atoms with E-state index >= 15 is 0 Å². The third-order valence-electron chi connectivity index (χ3n) is 1.32. The minimum absolute atomic E-state index is 0.0761. The predicted molar refractivity (Wildman–Crippen MR) is 49.0 cm³/mol. The van der Waals surface area contributed by atoms with E-state index in [9.17, 15) is 17.2 Å². The summed E-state index contributed by atoms with van der Waals surface area (Å²) in [4.78, 5) is -0.320. The van der Waals surface area contributed by atoms with Crippen LogP contribution in [0.3, 0.4) is 0 Å². The Kier molecular flexibility index (Phi) is 3.49. The molecule has 0 spiro atoms. The Morgan fingerprint density at radius 2 is 2.21 bits per heavy atom. The standard InChI is InChI=1S/C5H4BrClF2N2O2S/c6-5-3(14(7,12)13)1-10-11(5)2-4(8)9/h1,4H,2H2. The van der Waals surface area contributed by atoms with Gasteiger partial charge in [0.25, 0.3) is 15.5 Å². The molecule has 1 heterocycles. The molecule has 0 radical (unpaired) electrons. The quantitative estimate of drug-likeness (QED) is 0.801. The minimum atomic E-state index is -3.95. The maximum Gasteiger partial charge on any atom is 0.265 e.